The number of aryl methyl sites for hydroxylation is 1. The van der Waals surface area contributed by atoms with Crippen LogP contribution in [0.3, 0.4) is 0 Å². The van der Waals surface area contributed by atoms with Gasteiger partial charge in [-0.05, 0) is 55.3 Å². The second-order valence-electron chi connectivity index (χ2n) is 4.88. The molecule has 0 spiro atoms. The molecule has 0 atom stereocenters. The summed E-state index contributed by atoms with van der Waals surface area (Å²) in [5.74, 6) is -0.463. The average Bonchev–Trinajstić information content (AvgIpc) is 2.48. The van der Waals surface area contributed by atoms with Crippen LogP contribution in [0.1, 0.15) is 28.4 Å². The first-order valence-electron chi connectivity index (χ1n) is 6.93. The molecule has 0 aliphatic rings. The van der Waals surface area contributed by atoms with Crippen LogP contribution in [0.25, 0.3) is 0 Å². The first-order chi connectivity index (χ1) is 10.1. The van der Waals surface area contributed by atoms with Crippen molar-refractivity contribution in [1.82, 2.24) is 0 Å². The molecule has 110 valence electrons. The Morgan fingerprint density at radius 3 is 2.38 bits per heavy atom. The Hall–Kier alpha value is -2.20. The summed E-state index contributed by atoms with van der Waals surface area (Å²) in [5.41, 5.74) is 8.55. The van der Waals surface area contributed by atoms with Crippen molar-refractivity contribution in [3.63, 3.8) is 0 Å². The molecule has 2 aromatic carbocycles. The molecule has 0 fully saturated rings. The van der Waals surface area contributed by atoms with E-state index in [4.69, 9.17) is 5.73 Å². The highest BCUT2D eigenvalue weighted by Gasteiger charge is 2.18. The Bertz CT molecular complexity index is 638. The second-order valence-corrected chi connectivity index (χ2v) is 4.88. The van der Waals surface area contributed by atoms with E-state index in [0.29, 0.717) is 24.2 Å². The summed E-state index contributed by atoms with van der Waals surface area (Å²) in [4.78, 5) is 14.3. The van der Waals surface area contributed by atoms with E-state index in [9.17, 15) is 9.18 Å². The number of rotatable bonds is 4. The molecule has 0 saturated carbocycles. The van der Waals surface area contributed by atoms with Gasteiger partial charge in [0.2, 0.25) is 0 Å². The molecule has 21 heavy (non-hydrogen) atoms. The number of benzene rings is 2. The lowest BCUT2D eigenvalue weighted by atomic mass is 10.1. The van der Waals surface area contributed by atoms with Gasteiger partial charge < -0.3 is 10.6 Å². The molecule has 1 amide bonds. The molecule has 0 radical (unpaired) electrons. The number of halogens is 1. The first-order valence-corrected chi connectivity index (χ1v) is 6.93. The van der Waals surface area contributed by atoms with Gasteiger partial charge in [0.25, 0.3) is 5.91 Å². The van der Waals surface area contributed by atoms with Crippen molar-refractivity contribution in [3.8, 4) is 0 Å². The van der Waals surface area contributed by atoms with Gasteiger partial charge in [0, 0.05) is 24.3 Å². The van der Waals surface area contributed by atoms with Gasteiger partial charge in [-0.1, -0.05) is 12.1 Å². The predicted octanol–water partition coefficient (Wildman–Crippen LogP) is 3.26. The molecular formula is C17H19FN2O. The Morgan fingerprint density at radius 1 is 1.19 bits per heavy atom. The van der Waals surface area contributed by atoms with Crippen LogP contribution in [0.4, 0.5) is 10.1 Å². The third-order valence-electron chi connectivity index (χ3n) is 3.46. The molecule has 3 nitrogen and oxygen atoms in total. The van der Waals surface area contributed by atoms with Crippen LogP contribution in [0, 0.1) is 12.7 Å². The zero-order chi connectivity index (χ0) is 15.4. The zero-order valence-electron chi connectivity index (χ0n) is 12.3. The summed E-state index contributed by atoms with van der Waals surface area (Å²) in [5, 5.41) is 0. The van der Waals surface area contributed by atoms with Crippen molar-refractivity contribution in [2.24, 2.45) is 5.73 Å². The lowest BCUT2D eigenvalue weighted by Crippen LogP contribution is -2.31. The van der Waals surface area contributed by atoms with Gasteiger partial charge in [0.15, 0.2) is 0 Å². The van der Waals surface area contributed by atoms with E-state index in [1.807, 2.05) is 31.2 Å². The molecule has 0 aliphatic carbocycles. The minimum absolute atomic E-state index is 0.129. The van der Waals surface area contributed by atoms with Crippen molar-refractivity contribution < 1.29 is 9.18 Å². The number of amides is 1. The number of hydrogen-bond acceptors (Lipinski definition) is 2. The van der Waals surface area contributed by atoms with Gasteiger partial charge in [-0.25, -0.2) is 4.39 Å². The highest BCUT2D eigenvalue weighted by molar-refractivity contribution is 6.07. The van der Waals surface area contributed by atoms with Crippen LogP contribution < -0.4 is 10.6 Å². The van der Waals surface area contributed by atoms with Crippen molar-refractivity contribution in [2.75, 3.05) is 11.4 Å². The zero-order valence-corrected chi connectivity index (χ0v) is 12.3. The second kappa shape index (κ2) is 6.50. The molecule has 0 heterocycles. The van der Waals surface area contributed by atoms with Crippen LogP contribution in [0.5, 0.6) is 0 Å². The Morgan fingerprint density at radius 2 is 1.86 bits per heavy atom. The first kappa shape index (κ1) is 15.2. The predicted molar refractivity (Wildman–Crippen MR) is 82.8 cm³/mol. The minimum atomic E-state index is -0.334. The number of carbonyl (C=O) groups excluding carboxylic acids is 1. The molecular weight excluding hydrogens is 267 g/mol. The molecule has 4 heteroatoms. The maximum atomic E-state index is 13.2. The summed E-state index contributed by atoms with van der Waals surface area (Å²) in [6.07, 6.45) is 0. The fraction of sp³-hybridized carbons (Fsp3) is 0.235. The quantitative estimate of drug-likeness (QED) is 0.937. The summed E-state index contributed by atoms with van der Waals surface area (Å²) in [6, 6.07) is 11.8. The van der Waals surface area contributed by atoms with Crippen LogP contribution in [0.2, 0.25) is 0 Å². The lowest BCUT2D eigenvalue weighted by Gasteiger charge is -2.22. The number of nitrogens with two attached hydrogens (primary N) is 1. The Balaban J connectivity index is 2.33. The smallest absolute Gasteiger partial charge is 0.258 e. The van der Waals surface area contributed by atoms with Gasteiger partial charge in [-0.2, -0.15) is 0 Å². The summed E-state index contributed by atoms with van der Waals surface area (Å²) < 4.78 is 13.2. The van der Waals surface area contributed by atoms with Gasteiger partial charge in [-0.3, -0.25) is 4.79 Å². The Labute approximate surface area is 124 Å². The SMILES string of the molecule is CCN(C(=O)c1ccc(F)cc1C)c1ccc(CN)cc1. The van der Waals surface area contributed by atoms with E-state index in [1.165, 1.54) is 18.2 Å². The van der Waals surface area contributed by atoms with Crippen LogP contribution in [-0.2, 0) is 6.54 Å². The fourth-order valence-corrected chi connectivity index (χ4v) is 2.27. The molecule has 0 bridgehead atoms. The largest absolute Gasteiger partial charge is 0.326 e. The lowest BCUT2D eigenvalue weighted by molar-refractivity contribution is 0.0987. The van der Waals surface area contributed by atoms with Crippen LogP contribution >= 0.6 is 0 Å². The van der Waals surface area contributed by atoms with Crippen LogP contribution in [0.15, 0.2) is 42.5 Å². The maximum Gasteiger partial charge on any atom is 0.258 e. The van der Waals surface area contributed by atoms with E-state index in [0.717, 1.165) is 11.3 Å². The van der Waals surface area contributed by atoms with Gasteiger partial charge >= 0.3 is 0 Å². The number of nitrogens with zero attached hydrogens (tertiary/aromatic N) is 1. The van der Waals surface area contributed by atoms with E-state index in [1.54, 1.807) is 11.8 Å². The number of hydrogen-bond donors (Lipinski definition) is 1. The van der Waals surface area contributed by atoms with E-state index in [-0.39, 0.29) is 11.7 Å². The topological polar surface area (TPSA) is 46.3 Å². The van der Waals surface area contributed by atoms with Crippen molar-refractivity contribution in [3.05, 3.63) is 65.0 Å². The summed E-state index contributed by atoms with van der Waals surface area (Å²) in [7, 11) is 0. The summed E-state index contributed by atoms with van der Waals surface area (Å²) >= 11 is 0. The molecule has 0 saturated heterocycles. The third-order valence-corrected chi connectivity index (χ3v) is 3.46. The van der Waals surface area contributed by atoms with E-state index >= 15 is 0 Å². The third kappa shape index (κ3) is 3.28. The summed E-state index contributed by atoms with van der Waals surface area (Å²) in [6.45, 7) is 4.66. The van der Waals surface area contributed by atoms with Crippen LogP contribution in [-0.4, -0.2) is 12.5 Å². The van der Waals surface area contributed by atoms with E-state index < -0.39 is 0 Å². The normalized spacial score (nSPS) is 10.5. The van der Waals surface area contributed by atoms with Crippen molar-refractivity contribution in [1.29, 1.82) is 0 Å². The van der Waals surface area contributed by atoms with Gasteiger partial charge in [0.1, 0.15) is 5.82 Å². The monoisotopic (exact) mass is 286 g/mol. The number of carbonyl (C=O) groups is 1. The molecule has 0 aliphatic heterocycles. The molecule has 0 aromatic heterocycles. The maximum absolute atomic E-state index is 13.2. The average molecular weight is 286 g/mol. The highest BCUT2D eigenvalue weighted by atomic mass is 19.1. The van der Waals surface area contributed by atoms with Crippen molar-refractivity contribution >= 4 is 11.6 Å². The van der Waals surface area contributed by atoms with E-state index in [2.05, 4.69) is 0 Å². The van der Waals surface area contributed by atoms with Gasteiger partial charge in [0.05, 0.1) is 0 Å². The highest BCUT2D eigenvalue weighted by Crippen LogP contribution is 2.20. The van der Waals surface area contributed by atoms with Crippen molar-refractivity contribution in [2.45, 2.75) is 20.4 Å². The fourth-order valence-electron chi connectivity index (χ4n) is 2.27. The molecule has 2 aromatic rings. The standard InChI is InChI=1S/C17H19FN2O/c1-3-20(15-7-4-13(11-19)5-8-15)17(21)16-9-6-14(18)10-12(16)2/h4-10H,3,11,19H2,1-2H3. The number of anilines is 1. The molecule has 2 rings (SSSR count). The molecule has 0 unspecified atom stereocenters. The minimum Gasteiger partial charge on any atom is -0.326 e. The van der Waals surface area contributed by atoms with Gasteiger partial charge in [-0.15, -0.1) is 0 Å². The Kier molecular flexibility index (Phi) is 4.70. The molecule has 2 N–H and O–H groups in total.